The number of hydrogen-bond acceptors (Lipinski definition) is 4. The second-order valence-electron chi connectivity index (χ2n) is 5.13. The van der Waals surface area contributed by atoms with Crippen molar-refractivity contribution in [2.45, 2.75) is 40.2 Å². The van der Waals surface area contributed by atoms with Crippen molar-refractivity contribution in [1.29, 1.82) is 0 Å². The van der Waals surface area contributed by atoms with E-state index >= 15 is 0 Å². The molecule has 0 bridgehead atoms. The lowest BCUT2D eigenvalue weighted by Crippen LogP contribution is -2.35. The lowest BCUT2D eigenvalue weighted by atomic mass is 10.1. The summed E-state index contributed by atoms with van der Waals surface area (Å²) in [5.41, 5.74) is 1.10. The minimum Gasteiger partial charge on any atom is -0.444 e. The average Bonchev–Trinajstić information content (AvgIpc) is 2.53. The molecule has 1 aromatic heterocycles. The molecule has 0 spiro atoms. The normalized spacial score (nSPS) is 11.2. The second kappa shape index (κ2) is 5.52. The number of amides is 1. The molecule has 0 saturated heterocycles. The van der Waals surface area contributed by atoms with Crippen LogP contribution in [-0.2, 0) is 4.74 Å². The molecule has 0 atom stereocenters. The molecule has 0 fully saturated rings. The highest BCUT2D eigenvalue weighted by Crippen LogP contribution is 2.21. The van der Waals surface area contributed by atoms with E-state index in [1.807, 2.05) is 19.2 Å². The molecule has 1 amide bonds. The molecule has 4 nitrogen and oxygen atoms in total. The van der Waals surface area contributed by atoms with E-state index in [1.54, 1.807) is 20.8 Å². The summed E-state index contributed by atoms with van der Waals surface area (Å²) in [5.74, 6) is -0.0860. The molecule has 0 aromatic carbocycles. The van der Waals surface area contributed by atoms with Gasteiger partial charge in [-0.05, 0) is 45.6 Å². The van der Waals surface area contributed by atoms with Crippen LogP contribution in [0, 0.1) is 13.8 Å². The van der Waals surface area contributed by atoms with Crippen molar-refractivity contribution in [3.63, 3.8) is 0 Å². The molecular weight excluding hydrogens is 250 g/mol. The summed E-state index contributed by atoms with van der Waals surface area (Å²) in [5, 5.41) is 4.42. The molecule has 1 rings (SSSR count). The smallest absolute Gasteiger partial charge is 0.408 e. The van der Waals surface area contributed by atoms with E-state index in [9.17, 15) is 9.59 Å². The lowest BCUT2D eigenvalue weighted by Gasteiger charge is -2.19. The Bertz CT molecular complexity index is 438. The summed E-state index contributed by atoms with van der Waals surface area (Å²) in [6.45, 7) is 9.10. The van der Waals surface area contributed by atoms with Crippen molar-refractivity contribution in [1.82, 2.24) is 5.32 Å². The Morgan fingerprint density at radius 3 is 2.39 bits per heavy atom. The molecule has 18 heavy (non-hydrogen) atoms. The fourth-order valence-corrected chi connectivity index (χ4v) is 2.41. The van der Waals surface area contributed by atoms with Crippen LogP contribution < -0.4 is 5.32 Å². The number of thiophene rings is 1. The number of aryl methyl sites for hydroxylation is 2. The number of alkyl carbamates (subject to hydrolysis) is 1. The van der Waals surface area contributed by atoms with Crippen LogP contribution in [0.5, 0.6) is 0 Å². The standard InChI is InChI=1S/C13H19NO3S/c1-8-7-18-9(2)11(8)10(15)6-14-12(16)17-13(3,4)5/h7H,6H2,1-5H3,(H,14,16). The number of nitrogens with one attached hydrogen (secondary N) is 1. The summed E-state index contributed by atoms with van der Waals surface area (Å²) in [6.07, 6.45) is -0.568. The Balaban J connectivity index is 2.55. The van der Waals surface area contributed by atoms with Gasteiger partial charge in [0.1, 0.15) is 5.60 Å². The van der Waals surface area contributed by atoms with Gasteiger partial charge in [-0.15, -0.1) is 11.3 Å². The molecule has 5 heteroatoms. The number of hydrogen-bond donors (Lipinski definition) is 1. The number of carbonyl (C=O) groups excluding carboxylic acids is 2. The van der Waals surface area contributed by atoms with Crippen LogP contribution in [0.15, 0.2) is 5.38 Å². The second-order valence-corrected chi connectivity index (χ2v) is 6.21. The molecule has 1 aromatic rings. The largest absolute Gasteiger partial charge is 0.444 e. The third kappa shape index (κ3) is 4.14. The van der Waals surface area contributed by atoms with Crippen molar-refractivity contribution in [2.75, 3.05) is 6.54 Å². The third-order valence-corrected chi connectivity index (χ3v) is 3.26. The first-order chi connectivity index (χ1) is 8.20. The number of ether oxygens (including phenoxy) is 1. The Kier molecular flexibility index (Phi) is 4.51. The number of carbonyl (C=O) groups is 2. The van der Waals surface area contributed by atoms with Crippen molar-refractivity contribution in [3.8, 4) is 0 Å². The quantitative estimate of drug-likeness (QED) is 0.858. The van der Waals surface area contributed by atoms with Gasteiger partial charge < -0.3 is 10.1 Å². The molecule has 1 heterocycles. The van der Waals surface area contributed by atoms with E-state index in [0.717, 1.165) is 10.4 Å². The zero-order chi connectivity index (χ0) is 13.9. The van der Waals surface area contributed by atoms with E-state index < -0.39 is 11.7 Å². The van der Waals surface area contributed by atoms with E-state index in [-0.39, 0.29) is 12.3 Å². The van der Waals surface area contributed by atoms with Gasteiger partial charge >= 0.3 is 6.09 Å². The highest BCUT2D eigenvalue weighted by atomic mass is 32.1. The van der Waals surface area contributed by atoms with Gasteiger partial charge in [0.25, 0.3) is 0 Å². The molecule has 0 aliphatic carbocycles. The van der Waals surface area contributed by atoms with Crippen molar-refractivity contribution < 1.29 is 14.3 Å². The highest BCUT2D eigenvalue weighted by molar-refractivity contribution is 7.10. The third-order valence-electron chi connectivity index (χ3n) is 2.23. The maximum atomic E-state index is 12.0. The van der Waals surface area contributed by atoms with Crippen LogP contribution in [0.2, 0.25) is 0 Å². The molecule has 1 N–H and O–H groups in total. The van der Waals surface area contributed by atoms with Crippen LogP contribution >= 0.6 is 11.3 Å². The van der Waals surface area contributed by atoms with Crippen molar-refractivity contribution in [2.24, 2.45) is 0 Å². The number of Topliss-reactive ketones (excluding diaryl/α,β-unsaturated/α-hetero) is 1. The first-order valence-corrected chi connectivity index (χ1v) is 6.63. The fraction of sp³-hybridized carbons (Fsp3) is 0.538. The summed E-state index contributed by atoms with van der Waals surface area (Å²) < 4.78 is 5.07. The van der Waals surface area contributed by atoms with Crippen LogP contribution in [0.1, 0.15) is 41.6 Å². The molecular formula is C13H19NO3S. The molecule has 0 aliphatic heterocycles. The number of ketones is 1. The van der Waals surface area contributed by atoms with Gasteiger partial charge in [0.05, 0.1) is 6.54 Å². The fourth-order valence-electron chi connectivity index (χ4n) is 1.54. The Morgan fingerprint density at radius 1 is 1.33 bits per heavy atom. The van der Waals surface area contributed by atoms with Gasteiger partial charge in [0.2, 0.25) is 0 Å². The van der Waals surface area contributed by atoms with E-state index in [2.05, 4.69) is 5.32 Å². The van der Waals surface area contributed by atoms with E-state index in [4.69, 9.17) is 4.74 Å². The Morgan fingerprint density at radius 2 is 1.94 bits per heavy atom. The Hall–Kier alpha value is -1.36. The van der Waals surface area contributed by atoms with Gasteiger partial charge in [-0.1, -0.05) is 0 Å². The molecule has 0 aliphatic rings. The topological polar surface area (TPSA) is 55.4 Å². The first-order valence-electron chi connectivity index (χ1n) is 5.75. The molecule has 0 radical (unpaired) electrons. The summed E-state index contributed by atoms with van der Waals surface area (Å²) >= 11 is 1.54. The molecule has 0 saturated carbocycles. The first kappa shape index (κ1) is 14.7. The van der Waals surface area contributed by atoms with Crippen molar-refractivity contribution >= 4 is 23.2 Å². The molecule has 0 unspecified atom stereocenters. The zero-order valence-corrected chi connectivity index (χ0v) is 12.2. The minimum absolute atomic E-state index is 0.0344. The van der Waals surface area contributed by atoms with Gasteiger partial charge in [-0.3, -0.25) is 4.79 Å². The van der Waals surface area contributed by atoms with Gasteiger partial charge in [0.15, 0.2) is 5.78 Å². The lowest BCUT2D eigenvalue weighted by molar-refractivity contribution is 0.0520. The highest BCUT2D eigenvalue weighted by Gasteiger charge is 2.18. The monoisotopic (exact) mass is 269 g/mol. The van der Waals surface area contributed by atoms with Gasteiger partial charge in [-0.25, -0.2) is 4.79 Å². The Labute approximate surface area is 111 Å². The van der Waals surface area contributed by atoms with Gasteiger partial charge in [0, 0.05) is 10.4 Å². The molecule has 100 valence electrons. The summed E-state index contributed by atoms with van der Waals surface area (Å²) in [4.78, 5) is 24.3. The van der Waals surface area contributed by atoms with Gasteiger partial charge in [-0.2, -0.15) is 0 Å². The SMILES string of the molecule is Cc1csc(C)c1C(=O)CNC(=O)OC(C)(C)C. The minimum atomic E-state index is -0.568. The maximum Gasteiger partial charge on any atom is 0.408 e. The van der Waals surface area contributed by atoms with Crippen LogP contribution in [0.4, 0.5) is 4.79 Å². The van der Waals surface area contributed by atoms with E-state index in [0.29, 0.717) is 5.56 Å². The van der Waals surface area contributed by atoms with Crippen molar-refractivity contribution in [3.05, 3.63) is 21.4 Å². The van der Waals surface area contributed by atoms with Crippen LogP contribution in [0.25, 0.3) is 0 Å². The zero-order valence-electron chi connectivity index (χ0n) is 11.4. The summed E-state index contributed by atoms with van der Waals surface area (Å²) in [6, 6.07) is 0. The summed E-state index contributed by atoms with van der Waals surface area (Å²) in [7, 11) is 0. The maximum absolute atomic E-state index is 12.0. The van der Waals surface area contributed by atoms with Crippen LogP contribution in [-0.4, -0.2) is 24.0 Å². The van der Waals surface area contributed by atoms with Crippen LogP contribution in [0.3, 0.4) is 0 Å². The average molecular weight is 269 g/mol. The number of rotatable bonds is 3. The van der Waals surface area contributed by atoms with E-state index in [1.165, 1.54) is 11.3 Å². The predicted octanol–water partition coefficient (Wildman–Crippen LogP) is 3.07. The predicted molar refractivity (Wildman–Crippen MR) is 72.4 cm³/mol.